The Labute approximate surface area is 159 Å². The van der Waals surface area contributed by atoms with Crippen molar-refractivity contribution < 1.29 is 4.39 Å². The van der Waals surface area contributed by atoms with Crippen LogP contribution in [0.15, 0.2) is 48.9 Å². The van der Waals surface area contributed by atoms with Crippen molar-refractivity contribution in [2.24, 2.45) is 7.05 Å². The highest BCUT2D eigenvalue weighted by Gasteiger charge is 2.24. The van der Waals surface area contributed by atoms with Crippen molar-refractivity contribution in [1.29, 1.82) is 0 Å². The Morgan fingerprint density at radius 2 is 2.07 bits per heavy atom. The van der Waals surface area contributed by atoms with Gasteiger partial charge in [-0.3, -0.25) is 14.3 Å². The molecule has 0 spiro atoms. The van der Waals surface area contributed by atoms with Crippen molar-refractivity contribution in [3.8, 4) is 11.3 Å². The van der Waals surface area contributed by atoms with Gasteiger partial charge in [0.05, 0.1) is 5.69 Å². The zero-order chi connectivity index (χ0) is 18.6. The maximum Gasteiger partial charge on any atom is 0.132 e. The standard InChI is InChI=1S/C21H26FN5/c1-25-15-17(21(24-25)19-8-2-3-9-20(19)22)16-26-12-5-4-7-18(26)10-14-27-13-6-11-23-27/h2-3,6,8-9,11,13,15,18H,4-5,7,10,12,14,16H2,1H3. The molecule has 3 aromatic rings. The second-order valence-electron chi connectivity index (χ2n) is 7.33. The SMILES string of the molecule is Cn1cc(CN2CCCCC2CCn2cccn2)c(-c2ccccc2F)n1. The van der Waals surface area contributed by atoms with Crippen LogP contribution in [0.25, 0.3) is 11.3 Å². The van der Waals surface area contributed by atoms with Crippen LogP contribution < -0.4 is 0 Å². The fraction of sp³-hybridized carbons (Fsp3) is 0.429. The van der Waals surface area contributed by atoms with Crippen LogP contribution in [-0.2, 0) is 20.1 Å². The smallest absolute Gasteiger partial charge is 0.132 e. The molecule has 142 valence electrons. The summed E-state index contributed by atoms with van der Waals surface area (Å²) < 4.78 is 18.1. The van der Waals surface area contributed by atoms with Crippen LogP contribution >= 0.6 is 0 Å². The molecule has 1 unspecified atom stereocenters. The Morgan fingerprint density at radius 1 is 1.19 bits per heavy atom. The van der Waals surface area contributed by atoms with Crippen molar-refractivity contribution in [3.05, 3.63) is 60.3 Å². The van der Waals surface area contributed by atoms with Crippen molar-refractivity contribution in [3.63, 3.8) is 0 Å². The number of piperidine rings is 1. The molecule has 1 fully saturated rings. The predicted molar refractivity (Wildman–Crippen MR) is 103 cm³/mol. The van der Waals surface area contributed by atoms with Gasteiger partial charge in [-0.15, -0.1) is 0 Å². The first-order chi connectivity index (χ1) is 13.2. The molecule has 5 nitrogen and oxygen atoms in total. The number of rotatable bonds is 6. The molecule has 27 heavy (non-hydrogen) atoms. The minimum atomic E-state index is -0.216. The predicted octanol–water partition coefficient (Wildman–Crippen LogP) is 3.87. The van der Waals surface area contributed by atoms with Crippen molar-refractivity contribution >= 4 is 0 Å². The zero-order valence-corrected chi connectivity index (χ0v) is 15.8. The van der Waals surface area contributed by atoms with Gasteiger partial charge in [-0.25, -0.2) is 4.39 Å². The summed E-state index contributed by atoms with van der Waals surface area (Å²) in [6, 6.07) is 9.39. The van der Waals surface area contributed by atoms with E-state index in [2.05, 4.69) is 15.1 Å². The molecule has 2 aromatic heterocycles. The molecule has 1 aliphatic rings. The fourth-order valence-electron chi connectivity index (χ4n) is 4.06. The second-order valence-corrected chi connectivity index (χ2v) is 7.33. The van der Waals surface area contributed by atoms with E-state index in [1.54, 1.807) is 10.7 Å². The monoisotopic (exact) mass is 367 g/mol. The molecule has 1 aliphatic heterocycles. The topological polar surface area (TPSA) is 38.9 Å². The van der Waals surface area contributed by atoms with Crippen LogP contribution in [0.2, 0.25) is 0 Å². The highest BCUT2D eigenvalue weighted by atomic mass is 19.1. The van der Waals surface area contributed by atoms with Crippen molar-refractivity contribution in [2.75, 3.05) is 6.54 Å². The van der Waals surface area contributed by atoms with Gasteiger partial charge in [0.15, 0.2) is 0 Å². The maximum absolute atomic E-state index is 14.3. The van der Waals surface area contributed by atoms with E-state index in [-0.39, 0.29) is 5.82 Å². The molecule has 0 bridgehead atoms. The lowest BCUT2D eigenvalue weighted by Gasteiger charge is -2.35. The minimum Gasteiger partial charge on any atom is -0.296 e. The molecule has 6 heteroatoms. The molecular formula is C21H26FN5. The van der Waals surface area contributed by atoms with E-state index in [1.807, 2.05) is 48.5 Å². The number of nitrogens with zero attached hydrogens (tertiary/aromatic N) is 5. The summed E-state index contributed by atoms with van der Waals surface area (Å²) >= 11 is 0. The highest BCUT2D eigenvalue weighted by Crippen LogP contribution is 2.28. The van der Waals surface area contributed by atoms with Crippen LogP contribution in [0.4, 0.5) is 4.39 Å². The normalized spacial score (nSPS) is 18.1. The average molecular weight is 367 g/mol. The first-order valence-corrected chi connectivity index (χ1v) is 9.69. The third-order valence-corrected chi connectivity index (χ3v) is 5.41. The Bertz CT molecular complexity index is 871. The summed E-state index contributed by atoms with van der Waals surface area (Å²) in [5.74, 6) is -0.216. The van der Waals surface area contributed by atoms with Gasteiger partial charge in [0.2, 0.25) is 0 Å². The number of benzene rings is 1. The second kappa shape index (κ2) is 8.05. The molecule has 0 N–H and O–H groups in total. The molecule has 4 rings (SSSR count). The van der Waals surface area contributed by atoms with E-state index in [0.29, 0.717) is 11.6 Å². The molecule has 1 saturated heterocycles. The molecule has 0 radical (unpaired) electrons. The Kier molecular flexibility index (Phi) is 5.34. The number of hydrogen-bond donors (Lipinski definition) is 0. The highest BCUT2D eigenvalue weighted by molar-refractivity contribution is 5.63. The van der Waals surface area contributed by atoms with E-state index in [9.17, 15) is 4.39 Å². The van der Waals surface area contributed by atoms with Gasteiger partial charge in [-0.1, -0.05) is 18.6 Å². The Balaban J connectivity index is 1.52. The first-order valence-electron chi connectivity index (χ1n) is 9.69. The lowest BCUT2D eigenvalue weighted by atomic mass is 9.98. The number of halogens is 1. The summed E-state index contributed by atoms with van der Waals surface area (Å²) in [6.45, 7) is 2.82. The first kappa shape index (κ1) is 17.9. The summed E-state index contributed by atoms with van der Waals surface area (Å²) in [4.78, 5) is 2.54. The quantitative estimate of drug-likeness (QED) is 0.664. The van der Waals surface area contributed by atoms with Gasteiger partial charge < -0.3 is 0 Å². The lowest BCUT2D eigenvalue weighted by molar-refractivity contribution is 0.127. The van der Waals surface area contributed by atoms with Crippen LogP contribution in [0.3, 0.4) is 0 Å². The van der Waals surface area contributed by atoms with Gasteiger partial charge in [0.1, 0.15) is 5.82 Å². The minimum absolute atomic E-state index is 0.216. The van der Waals surface area contributed by atoms with Gasteiger partial charge in [-0.2, -0.15) is 10.2 Å². The molecule has 1 aromatic carbocycles. The Hall–Kier alpha value is -2.47. The fourth-order valence-corrected chi connectivity index (χ4v) is 4.06. The summed E-state index contributed by atoms with van der Waals surface area (Å²) in [5.41, 5.74) is 2.43. The van der Waals surface area contributed by atoms with Gasteiger partial charge >= 0.3 is 0 Å². The third kappa shape index (κ3) is 4.11. The van der Waals surface area contributed by atoms with E-state index >= 15 is 0 Å². The average Bonchev–Trinajstić information content (AvgIpc) is 3.31. The zero-order valence-electron chi connectivity index (χ0n) is 15.8. The van der Waals surface area contributed by atoms with Gasteiger partial charge in [0, 0.05) is 55.9 Å². The summed E-state index contributed by atoms with van der Waals surface area (Å²) in [5, 5.41) is 8.87. The molecule has 1 atom stereocenters. The van der Waals surface area contributed by atoms with Crippen LogP contribution in [0.1, 0.15) is 31.2 Å². The lowest BCUT2D eigenvalue weighted by Crippen LogP contribution is -2.39. The van der Waals surface area contributed by atoms with E-state index in [4.69, 9.17) is 0 Å². The number of likely N-dealkylation sites (tertiary alicyclic amines) is 1. The number of aryl methyl sites for hydroxylation is 2. The number of aromatic nitrogens is 4. The molecule has 0 saturated carbocycles. The summed E-state index contributed by atoms with van der Waals surface area (Å²) in [7, 11) is 1.90. The maximum atomic E-state index is 14.3. The van der Waals surface area contributed by atoms with E-state index in [0.717, 1.165) is 37.3 Å². The van der Waals surface area contributed by atoms with Crippen molar-refractivity contribution in [1.82, 2.24) is 24.5 Å². The molecule has 3 heterocycles. The van der Waals surface area contributed by atoms with Crippen LogP contribution in [0.5, 0.6) is 0 Å². The Morgan fingerprint density at radius 3 is 2.89 bits per heavy atom. The summed E-state index contributed by atoms with van der Waals surface area (Å²) in [6.07, 6.45) is 10.6. The van der Waals surface area contributed by atoms with Gasteiger partial charge in [-0.05, 0) is 44.0 Å². The van der Waals surface area contributed by atoms with E-state index < -0.39 is 0 Å². The van der Waals surface area contributed by atoms with Crippen LogP contribution in [-0.4, -0.2) is 37.0 Å². The third-order valence-electron chi connectivity index (χ3n) is 5.41. The number of hydrogen-bond acceptors (Lipinski definition) is 3. The molecule has 0 amide bonds. The molecular weight excluding hydrogens is 341 g/mol. The van der Waals surface area contributed by atoms with E-state index in [1.165, 1.54) is 25.3 Å². The van der Waals surface area contributed by atoms with Crippen molar-refractivity contribution in [2.45, 2.75) is 44.8 Å². The largest absolute Gasteiger partial charge is 0.296 e. The van der Waals surface area contributed by atoms with Gasteiger partial charge in [0.25, 0.3) is 0 Å². The molecule has 0 aliphatic carbocycles. The van der Waals surface area contributed by atoms with Crippen LogP contribution in [0, 0.1) is 5.82 Å².